The van der Waals surface area contributed by atoms with Gasteiger partial charge in [-0.05, 0) is 19.1 Å². The third-order valence-corrected chi connectivity index (χ3v) is 2.05. The van der Waals surface area contributed by atoms with Crippen molar-refractivity contribution in [2.45, 2.75) is 6.92 Å². The van der Waals surface area contributed by atoms with Crippen molar-refractivity contribution in [2.75, 3.05) is 11.9 Å². The molecule has 0 saturated carbocycles. The molecule has 0 spiro atoms. The summed E-state index contributed by atoms with van der Waals surface area (Å²) in [6.07, 6.45) is 4.70. The van der Waals surface area contributed by atoms with Crippen LogP contribution in [0.2, 0.25) is 0 Å². The minimum atomic E-state index is -0.275. The van der Waals surface area contributed by atoms with E-state index in [0.717, 1.165) is 0 Å². The molecule has 2 rings (SSSR count). The molecular weight excluding hydrogens is 220 g/mol. The van der Waals surface area contributed by atoms with E-state index in [2.05, 4.69) is 20.5 Å². The first kappa shape index (κ1) is 11.1. The Morgan fingerprint density at radius 3 is 3.18 bits per heavy atom. The van der Waals surface area contributed by atoms with Gasteiger partial charge in [0.25, 0.3) is 5.91 Å². The number of aromatic amines is 1. The normalized spacial score (nSPS) is 9.94. The van der Waals surface area contributed by atoms with E-state index in [9.17, 15) is 4.79 Å². The number of nitrogens with zero attached hydrogens (tertiary/aromatic N) is 2. The van der Waals surface area contributed by atoms with E-state index in [1.54, 1.807) is 24.5 Å². The highest BCUT2D eigenvalue weighted by Gasteiger charge is 2.13. The minimum absolute atomic E-state index is 0.275. The van der Waals surface area contributed by atoms with E-state index in [1.807, 2.05) is 6.92 Å². The summed E-state index contributed by atoms with van der Waals surface area (Å²) in [4.78, 5) is 15.9. The number of pyridine rings is 1. The van der Waals surface area contributed by atoms with Crippen molar-refractivity contribution in [3.05, 3.63) is 36.3 Å². The maximum atomic E-state index is 11.9. The number of anilines is 1. The van der Waals surface area contributed by atoms with Gasteiger partial charge >= 0.3 is 0 Å². The Kier molecular flexibility index (Phi) is 3.34. The second-order valence-electron chi connectivity index (χ2n) is 3.23. The topological polar surface area (TPSA) is 79.9 Å². The number of nitrogens with one attached hydrogen (secondary N) is 2. The Hall–Kier alpha value is -2.37. The van der Waals surface area contributed by atoms with Crippen molar-refractivity contribution in [2.24, 2.45) is 0 Å². The van der Waals surface area contributed by atoms with Gasteiger partial charge in [-0.2, -0.15) is 5.10 Å². The van der Waals surface area contributed by atoms with E-state index in [4.69, 9.17) is 4.74 Å². The molecule has 0 fully saturated rings. The molecule has 0 bridgehead atoms. The van der Waals surface area contributed by atoms with Gasteiger partial charge in [-0.1, -0.05) is 0 Å². The van der Waals surface area contributed by atoms with Crippen LogP contribution in [0, 0.1) is 0 Å². The van der Waals surface area contributed by atoms with Crippen LogP contribution in [-0.2, 0) is 0 Å². The molecule has 6 heteroatoms. The zero-order chi connectivity index (χ0) is 12.1. The second kappa shape index (κ2) is 5.11. The van der Waals surface area contributed by atoms with Crippen molar-refractivity contribution >= 4 is 11.6 Å². The number of aromatic nitrogens is 3. The van der Waals surface area contributed by atoms with Crippen molar-refractivity contribution in [1.29, 1.82) is 0 Å². The van der Waals surface area contributed by atoms with Crippen LogP contribution < -0.4 is 10.1 Å². The number of H-pyrrole nitrogens is 1. The molecule has 0 aliphatic heterocycles. The monoisotopic (exact) mass is 232 g/mol. The quantitative estimate of drug-likeness (QED) is 0.836. The first-order valence-corrected chi connectivity index (χ1v) is 5.19. The SMILES string of the molecule is CCOc1ncccc1C(=O)Nc1cn[nH]c1. The predicted molar refractivity (Wildman–Crippen MR) is 61.9 cm³/mol. The minimum Gasteiger partial charge on any atom is -0.477 e. The van der Waals surface area contributed by atoms with Gasteiger partial charge in [0.05, 0.1) is 18.5 Å². The lowest BCUT2D eigenvalue weighted by Gasteiger charge is -2.07. The number of amides is 1. The van der Waals surface area contributed by atoms with Gasteiger partial charge in [-0.3, -0.25) is 9.89 Å². The molecule has 88 valence electrons. The highest BCUT2D eigenvalue weighted by Crippen LogP contribution is 2.16. The average Bonchev–Trinajstić information content (AvgIpc) is 2.83. The summed E-state index contributed by atoms with van der Waals surface area (Å²) < 4.78 is 5.28. The molecule has 1 amide bonds. The van der Waals surface area contributed by atoms with E-state index in [1.165, 1.54) is 6.20 Å². The third-order valence-electron chi connectivity index (χ3n) is 2.05. The lowest BCUT2D eigenvalue weighted by atomic mass is 10.2. The Morgan fingerprint density at radius 1 is 1.59 bits per heavy atom. The van der Waals surface area contributed by atoms with E-state index in [0.29, 0.717) is 23.7 Å². The van der Waals surface area contributed by atoms with Gasteiger partial charge in [-0.15, -0.1) is 0 Å². The zero-order valence-electron chi connectivity index (χ0n) is 9.30. The van der Waals surface area contributed by atoms with Crippen LogP contribution in [-0.4, -0.2) is 27.7 Å². The van der Waals surface area contributed by atoms with Gasteiger partial charge in [0.1, 0.15) is 5.56 Å². The van der Waals surface area contributed by atoms with Gasteiger partial charge in [-0.25, -0.2) is 4.98 Å². The summed E-state index contributed by atoms with van der Waals surface area (Å²) >= 11 is 0. The number of rotatable bonds is 4. The lowest BCUT2D eigenvalue weighted by molar-refractivity contribution is 0.102. The molecule has 0 radical (unpaired) electrons. The Morgan fingerprint density at radius 2 is 2.47 bits per heavy atom. The molecule has 2 aromatic rings. The van der Waals surface area contributed by atoms with Crippen LogP contribution in [0.3, 0.4) is 0 Å². The number of hydrogen-bond acceptors (Lipinski definition) is 4. The molecule has 2 aromatic heterocycles. The summed E-state index contributed by atoms with van der Waals surface area (Å²) in [7, 11) is 0. The van der Waals surface area contributed by atoms with E-state index in [-0.39, 0.29) is 5.91 Å². The van der Waals surface area contributed by atoms with Gasteiger partial charge < -0.3 is 10.1 Å². The fourth-order valence-electron chi connectivity index (χ4n) is 1.33. The number of carbonyl (C=O) groups is 1. The van der Waals surface area contributed by atoms with Crippen molar-refractivity contribution in [3.63, 3.8) is 0 Å². The van der Waals surface area contributed by atoms with Gasteiger partial charge in [0.15, 0.2) is 0 Å². The third kappa shape index (κ3) is 2.60. The van der Waals surface area contributed by atoms with Crippen molar-refractivity contribution < 1.29 is 9.53 Å². The molecule has 2 N–H and O–H groups in total. The molecule has 0 aliphatic rings. The maximum absolute atomic E-state index is 11.9. The van der Waals surface area contributed by atoms with Crippen LogP contribution in [0.15, 0.2) is 30.7 Å². The second-order valence-corrected chi connectivity index (χ2v) is 3.23. The zero-order valence-corrected chi connectivity index (χ0v) is 9.30. The van der Waals surface area contributed by atoms with Crippen LogP contribution >= 0.6 is 0 Å². The van der Waals surface area contributed by atoms with E-state index < -0.39 is 0 Å². The van der Waals surface area contributed by atoms with Gasteiger partial charge in [0, 0.05) is 12.4 Å². The standard InChI is InChI=1S/C11H12N4O2/c1-2-17-11-9(4-3-5-12-11)10(16)15-8-6-13-14-7-8/h3-7H,2H2,1H3,(H,13,14)(H,15,16). The first-order valence-electron chi connectivity index (χ1n) is 5.19. The van der Waals surface area contributed by atoms with Crippen LogP contribution in [0.4, 0.5) is 5.69 Å². The first-order chi connectivity index (χ1) is 8.31. The Bertz CT molecular complexity index is 496. The Balaban J connectivity index is 2.18. The van der Waals surface area contributed by atoms with Gasteiger partial charge in [0.2, 0.25) is 5.88 Å². The fourth-order valence-corrected chi connectivity index (χ4v) is 1.33. The number of ether oxygens (including phenoxy) is 1. The Labute approximate surface area is 98.0 Å². The molecule has 0 saturated heterocycles. The summed E-state index contributed by atoms with van der Waals surface area (Å²) in [5, 5.41) is 9.04. The molecule has 0 aliphatic carbocycles. The lowest BCUT2D eigenvalue weighted by Crippen LogP contribution is -2.14. The number of carbonyl (C=O) groups excluding carboxylic acids is 1. The summed E-state index contributed by atoms with van der Waals surface area (Å²) in [5.74, 6) is 0.0546. The largest absolute Gasteiger partial charge is 0.477 e. The molecule has 0 unspecified atom stereocenters. The molecule has 17 heavy (non-hydrogen) atoms. The average molecular weight is 232 g/mol. The summed E-state index contributed by atoms with van der Waals surface area (Å²) in [6, 6.07) is 3.35. The molecule has 2 heterocycles. The van der Waals surface area contributed by atoms with Crippen molar-refractivity contribution in [3.8, 4) is 5.88 Å². The van der Waals surface area contributed by atoms with Crippen LogP contribution in [0.5, 0.6) is 5.88 Å². The molecule has 0 aromatic carbocycles. The van der Waals surface area contributed by atoms with Crippen LogP contribution in [0.1, 0.15) is 17.3 Å². The highest BCUT2D eigenvalue weighted by atomic mass is 16.5. The summed E-state index contributed by atoms with van der Waals surface area (Å²) in [5.41, 5.74) is 0.997. The highest BCUT2D eigenvalue weighted by molar-refractivity contribution is 6.05. The molecule has 0 atom stereocenters. The van der Waals surface area contributed by atoms with E-state index >= 15 is 0 Å². The number of hydrogen-bond donors (Lipinski definition) is 2. The fraction of sp³-hybridized carbons (Fsp3) is 0.182. The maximum Gasteiger partial charge on any atom is 0.261 e. The summed E-state index contributed by atoms with van der Waals surface area (Å²) in [6.45, 7) is 2.30. The predicted octanol–water partition coefficient (Wildman–Crippen LogP) is 1.46. The molecule has 6 nitrogen and oxygen atoms in total. The van der Waals surface area contributed by atoms with Crippen molar-refractivity contribution in [1.82, 2.24) is 15.2 Å². The van der Waals surface area contributed by atoms with Crippen LogP contribution in [0.25, 0.3) is 0 Å². The molecular formula is C11H12N4O2. The smallest absolute Gasteiger partial charge is 0.261 e.